The van der Waals surface area contributed by atoms with Gasteiger partial charge in [0.1, 0.15) is 0 Å². The molecule has 2 nitrogen and oxygen atoms in total. The first-order chi connectivity index (χ1) is 5.30. The summed E-state index contributed by atoms with van der Waals surface area (Å²) in [7, 11) is 0. The van der Waals surface area contributed by atoms with Gasteiger partial charge in [-0.05, 0) is 18.8 Å². The van der Waals surface area contributed by atoms with Crippen LogP contribution in [0.15, 0.2) is 0 Å². The summed E-state index contributed by atoms with van der Waals surface area (Å²) in [5.41, 5.74) is 6.00. The van der Waals surface area contributed by atoms with Gasteiger partial charge in [0, 0.05) is 12.5 Å². The summed E-state index contributed by atoms with van der Waals surface area (Å²) in [6, 6.07) is 1.75. The van der Waals surface area contributed by atoms with Crippen LogP contribution in [-0.2, 0) is 0 Å². The Balaban J connectivity index is 0. The van der Waals surface area contributed by atoms with E-state index in [-0.39, 0.29) is 5.54 Å². The Morgan fingerprint density at radius 3 is 1.33 bits per heavy atom. The number of rotatable bonds is 2. The fourth-order valence-corrected chi connectivity index (χ4v) is 0.667. The topological polar surface area (TPSA) is 49.8 Å². The van der Waals surface area contributed by atoms with Crippen molar-refractivity contribution in [3.8, 4) is 6.07 Å². The van der Waals surface area contributed by atoms with Crippen molar-refractivity contribution in [2.24, 2.45) is 17.6 Å². The van der Waals surface area contributed by atoms with Crippen molar-refractivity contribution in [1.29, 1.82) is 5.26 Å². The van der Waals surface area contributed by atoms with E-state index in [1.165, 1.54) is 6.92 Å². The molecule has 2 N–H and O–H groups in total. The van der Waals surface area contributed by atoms with E-state index in [2.05, 4.69) is 34.6 Å². The molecule has 0 atom stereocenters. The summed E-state index contributed by atoms with van der Waals surface area (Å²) in [4.78, 5) is 0. The molecule has 0 spiro atoms. The highest BCUT2D eigenvalue weighted by molar-refractivity contribution is 4.84. The molecule has 0 radical (unpaired) electrons. The average molecular weight is 170 g/mol. The van der Waals surface area contributed by atoms with Crippen LogP contribution in [0.4, 0.5) is 0 Å². The van der Waals surface area contributed by atoms with Gasteiger partial charge in [-0.1, -0.05) is 27.7 Å². The summed E-state index contributed by atoms with van der Waals surface area (Å²) >= 11 is 0. The number of nitriles is 1. The third-order valence-corrected chi connectivity index (χ3v) is 2.49. The lowest BCUT2D eigenvalue weighted by Crippen LogP contribution is -2.46. The summed E-state index contributed by atoms with van der Waals surface area (Å²) in [5.74, 6) is 1.13. The van der Waals surface area contributed by atoms with Crippen molar-refractivity contribution >= 4 is 0 Å². The van der Waals surface area contributed by atoms with E-state index in [1.54, 1.807) is 6.07 Å². The molecule has 0 aliphatic heterocycles. The lowest BCUT2D eigenvalue weighted by Gasteiger charge is -2.33. The second-order valence-corrected chi connectivity index (χ2v) is 3.90. The highest BCUT2D eigenvalue weighted by Gasteiger charge is 2.26. The maximum atomic E-state index is 7.32. The zero-order valence-electron chi connectivity index (χ0n) is 9.18. The van der Waals surface area contributed by atoms with Crippen LogP contribution in [0.1, 0.15) is 41.5 Å². The van der Waals surface area contributed by atoms with E-state index in [4.69, 9.17) is 11.0 Å². The Morgan fingerprint density at radius 2 is 1.33 bits per heavy atom. The first kappa shape index (κ1) is 14.0. The van der Waals surface area contributed by atoms with Gasteiger partial charge in [-0.25, -0.2) is 0 Å². The van der Waals surface area contributed by atoms with E-state index in [1.807, 2.05) is 0 Å². The lowest BCUT2D eigenvalue weighted by molar-refractivity contribution is 0.250. The Labute approximate surface area is 76.8 Å². The monoisotopic (exact) mass is 170 g/mol. The molecule has 0 unspecified atom stereocenters. The molecule has 0 bridgehead atoms. The van der Waals surface area contributed by atoms with Gasteiger partial charge in [0.25, 0.3) is 0 Å². The van der Waals surface area contributed by atoms with Gasteiger partial charge in [0.2, 0.25) is 0 Å². The van der Waals surface area contributed by atoms with Crippen LogP contribution in [0.25, 0.3) is 0 Å². The summed E-state index contributed by atoms with van der Waals surface area (Å²) in [6.45, 7) is 12.2. The average Bonchev–Trinajstić information content (AvgIpc) is 1.88. The summed E-state index contributed by atoms with van der Waals surface area (Å²) in [5, 5.41) is 7.32. The minimum absolute atomic E-state index is 0.000000000000000222. The lowest BCUT2D eigenvalue weighted by atomic mass is 9.80. The Hall–Kier alpha value is -0.550. The van der Waals surface area contributed by atoms with E-state index in [9.17, 15) is 0 Å². The third kappa shape index (κ3) is 5.15. The van der Waals surface area contributed by atoms with Crippen molar-refractivity contribution < 1.29 is 0 Å². The first-order valence-corrected chi connectivity index (χ1v) is 4.40. The summed E-state index contributed by atoms with van der Waals surface area (Å²) in [6.07, 6.45) is 0. The van der Waals surface area contributed by atoms with Crippen LogP contribution in [0.2, 0.25) is 0 Å². The van der Waals surface area contributed by atoms with Gasteiger partial charge in [0.05, 0.1) is 6.07 Å². The maximum Gasteiger partial charge on any atom is 0.0587 e. The SMILES string of the molecule is CC#N.CC(C)C(C)(N)C(C)C. The normalized spacial score (nSPS) is 10.7. The first-order valence-electron chi connectivity index (χ1n) is 4.40. The minimum atomic E-state index is 0.000000000000000222. The molecule has 0 fully saturated rings. The second kappa shape index (κ2) is 6.02. The van der Waals surface area contributed by atoms with Crippen molar-refractivity contribution in [2.75, 3.05) is 0 Å². The molecule has 0 aliphatic carbocycles. The van der Waals surface area contributed by atoms with Gasteiger partial charge in [-0.2, -0.15) is 5.26 Å². The van der Waals surface area contributed by atoms with E-state index in [0.717, 1.165) is 0 Å². The highest BCUT2D eigenvalue weighted by atomic mass is 14.7. The zero-order valence-corrected chi connectivity index (χ0v) is 9.18. The number of nitrogens with zero attached hydrogens (tertiary/aromatic N) is 1. The van der Waals surface area contributed by atoms with Crippen LogP contribution in [0, 0.1) is 23.2 Å². The standard InChI is InChI=1S/C8H19N.C2H3N/c1-6(2)8(5,9)7(3)4;1-2-3/h6-7H,9H2,1-5H3;1H3. The molecule has 0 heterocycles. The molecule has 2 heteroatoms. The molecule has 72 valence electrons. The largest absolute Gasteiger partial charge is 0.325 e. The molecule has 0 aromatic carbocycles. The quantitative estimate of drug-likeness (QED) is 0.692. The van der Waals surface area contributed by atoms with Crippen LogP contribution >= 0.6 is 0 Å². The molecule has 0 aromatic rings. The molecule has 0 rings (SSSR count). The Bertz CT molecular complexity index is 130. The fourth-order valence-electron chi connectivity index (χ4n) is 0.667. The van der Waals surface area contributed by atoms with Crippen LogP contribution in [-0.4, -0.2) is 5.54 Å². The van der Waals surface area contributed by atoms with Crippen LogP contribution in [0.5, 0.6) is 0 Å². The molecule has 0 saturated carbocycles. The van der Waals surface area contributed by atoms with Crippen molar-refractivity contribution in [2.45, 2.75) is 47.1 Å². The van der Waals surface area contributed by atoms with E-state index < -0.39 is 0 Å². The number of hydrogen-bond acceptors (Lipinski definition) is 2. The molecular weight excluding hydrogens is 148 g/mol. The van der Waals surface area contributed by atoms with Gasteiger partial charge in [-0.15, -0.1) is 0 Å². The van der Waals surface area contributed by atoms with Crippen molar-refractivity contribution in [3.05, 3.63) is 0 Å². The van der Waals surface area contributed by atoms with Crippen LogP contribution in [0.3, 0.4) is 0 Å². The second-order valence-electron chi connectivity index (χ2n) is 3.90. The Morgan fingerprint density at radius 1 is 1.17 bits per heavy atom. The minimum Gasteiger partial charge on any atom is -0.325 e. The smallest absolute Gasteiger partial charge is 0.0587 e. The van der Waals surface area contributed by atoms with Crippen molar-refractivity contribution in [1.82, 2.24) is 0 Å². The zero-order chi connectivity index (χ0) is 10.4. The molecule has 12 heavy (non-hydrogen) atoms. The molecular formula is C10H22N2. The van der Waals surface area contributed by atoms with Crippen LogP contribution < -0.4 is 5.73 Å². The van der Waals surface area contributed by atoms with Crippen molar-refractivity contribution in [3.63, 3.8) is 0 Å². The predicted octanol–water partition coefficient (Wildman–Crippen LogP) is 2.55. The highest BCUT2D eigenvalue weighted by Crippen LogP contribution is 2.21. The summed E-state index contributed by atoms with van der Waals surface area (Å²) < 4.78 is 0. The van der Waals surface area contributed by atoms with Gasteiger partial charge in [-0.3, -0.25) is 0 Å². The van der Waals surface area contributed by atoms with Gasteiger partial charge >= 0.3 is 0 Å². The molecule has 0 aliphatic rings. The van der Waals surface area contributed by atoms with E-state index >= 15 is 0 Å². The number of nitrogens with two attached hydrogens (primary N) is 1. The van der Waals surface area contributed by atoms with E-state index in [0.29, 0.717) is 11.8 Å². The van der Waals surface area contributed by atoms with Gasteiger partial charge < -0.3 is 5.73 Å². The van der Waals surface area contributed by atoms with Gasteiger partial charge in [0.15, 0.2) is 0 Å². The number of hydrogen-bond donors (Lipinski definition) is 1. The third-order valence-electron chi connectivity index (χ3n) is 2.49. The maximum absolute atomic E-state index is 7.32. The fraction of sp³-hybridized carbons (Fsp3) is 0.900. The molecule has 0 amide bonds. The molecule has 0 aromatic heterocycles. The predicted molar refractivity (Wildman–Crippen MR) is 53.6 cm³/mol. The molecule has 0 saturated heterocycles. The Kier molecular flexibility index (Phi) is 7.02.